The van der Waals surface area contributed by atoms with E-state index in [-0.39, 0.29) is 5.97 Å². The number of hydrogen-bond donors (Lipinski definition) is 1. The Kier molecular flexibility index (Phi) is 4.62. The number of hydrogen-bond acceptors (Lipinski definition) is 5. The van der Waals surface area contributed by atoms with Crippen LogP contribution in [0, 0.1) is 0 Å². The minimum absolute atomic E-state index is 0.303. The van der Waals surface area contributed by atoms with Crippen LogP contribution >= 0.6 is 11.3 Å². The van der Waals surface area contributed by atoms with Gasteiger partial charge in [0.15, 0.2) is 0 Å². The van der Waals surface area contributed by atoms with Gasteiger partial charge >= 0.3 is 12.1 Å². The van der Waals surface area contributed by atoms with Gasteiger partial charge in [-0.05, 0) is 43.9 Å². The second-order valence-electron chi connectivity index (χ2n) is 5.11. The van der Waals surface area contributed by atoms with Gasteiger partial charge < -0.3 is 9.47 Å². The zero-order valence-electron chi connectivity index (χ0n) is 12.8. The fraction of sp³-hybridized carbons (Fsp3) is 0.294. The fourth-order valence-corrected chi connectivity index (χ4v) is 3.89. The van der Waals surface area contributed by atoms with Crippen LogP contribution in [0.25, 0.3) is 0 Å². The molecule has 120 valence electrons. The number of para-hydroxylation sites is 1. The molecule has 2 aromatic rings. The zero-order valence-corrected chi connectivity index (χ0v) is 13.6. The highest BCUT2D eigenvalue weighted by Gasteiger charge is 2.28. The molecular formula is C17H17NO4S. The predicted octanol–water partition coefficient (Wildman–Crippen LogP) is 4.02. The number of aryl methyl sites for hydroxylation is 1. The molecule has 0 saturated carbocycles. The van der Waals surface area contributed by atoms with Crippen LogP contribution in [0.5, 0.6) is 5.75 Å². The van der Waals surface area contributed by atoms with E-state index in [1.165, 1.54) is 11.3 Å². The van der Waals surface area contributed by atoms with E-state index in [1.54, 1.807) is 31.2 Å². The third-order valence-corrected chi connectivity index (χ3v) is 4.78. The lowest BCUT2D eigenvalue weighted by Gasteiger charge is -2.08. The number of nitrogens with one attached hydrogen (secondary N) is 1. The molecule has 0 aliphatic heterocycles. The summed E-state index contributed by atoms with van der Waals surface area (Å²) in [6.07, 6.45) is 2.20. The maximum absolute atomic E-state index is 12.2. The molecule has 0 spiro atoms. The molecule has 0 bridgehead atoms. The molecule has 5 nitrogen and oxygen atoms in total. The molecule has 0 saturated heterocycles. The first-order valence-corrected chi connectivity index (χ1v) is 8.36. The van der Waals surface area contributed by atoms with Crippen LogP contribution < -0.4 is 10.1 Å². The monoisotopic (exact) mass is 331 g/mol. The Bertz CT molecular complexity index is 724. The Hall–Kier alpha value is -2.34. The minimum atomic E-state index is -0.610. The van der Waals surface area contributed by atoms with Gasteiger partial charge in [-0.25, -0.2) is 9.59 Å². The van der Waals surface area contributed by atoms with E-state index in [0.717, 1.165) is 29.7 Å². The van der Waals surface area contributed by atoms with Gasteiger partial charge in [-0.3, -0.25) is 5.32 Å². The van der Waals surface area contributed by atoms with Crippen LogP contribution in [0.2, 0.25) is 0 Å². The van der Waals surface area contributed by atoms with E-state index in [9.17, 15) is 9.59 Å². The van der Waals surface area contributed by atoms with E-state index in [2.05, 4.69) is 5.32 Å². The molecule has 0 unspecified atom stereocenters. The number of carbonyl (C=O) groups is 2. The fourth-order valence-electron chi connectivity index (χ4n) is 2.63. The average Bonchev–Trinajstić information content (AvgIpc) is 3.08. The second kappa shape index (κ2) is 6.83. The molecule has 6 heteroatoms. The molecule has 1 aliphatic carbocycles. The van der Waals surface area contributed by atoms with Crippen molar-refractivity contribution in [3.8, 4) is 5.75 Å². The maximum Gasteiger partial charge on any atom is 0.417 e. The SMILES string of the molecule is CCOC(=O)c1c(NC(=O)Oc2ccccc2)sc2c1CCC2. The van der Waals surface area contributed by atoms with Gasteiger partial charge in [0.2, 0.25) is 0 Å². The molecule has 1 N–H and O–H groups in total. The van der Waals surface area contributed by atoms with Crippen LogP contribution in [0.1, 0.15) is 34.1 Å². The highest BCUT2D eigenvalue weighted by molar-refractivity contribution is 7.17. The van der Waals surface area contributed by atoms with Crippen LogP contribution in [-0.2, 0) is 17.6 Å². The predicted molar refractivity (Wildman–Crippen MR) is 88.4 cm³/mol. The quantitative estimate of drug-likeness (QED) is 0.859. The summed E-state index contributed by atoms with van der Waals surface area (Å²) in [4.78, 5) is 25.4. The third-order valence-electron chi connectivity index (χ3n) is 3.57. The number of anilines is 1. The molecule has 1 heterocycles. The molecule has 0 fully saturated rings. The average molecular weight is 331 g/mol. The van der Waals surface area contributed by atoms with Gasteiger partial charge in [-0.2, -0.15) is 0 Å². The minimum Gasteiger partial charge on any atom is -0.462 e. The summed E-state index contributed by atoms with van der Waals surface area (Å²) in [6.45, 7) is 2.07. The molecule has 3 rings (SSSR count). The number of ether oxygens (including phenoxy) is 2. The third kappa shape index (κ3) is 3.37. The first kappa shape index (κ1) is 15.6. The molecule has 23 heavy (non-hydrogen) atoms. The second-order valence-corrected chi connectivity index (χ2v) is 6.21. The first-order chi connectivity index (χ1) is 11.2. The summed E-state index contributed by atoms with van der Waals surface area (Å²) in [5.41, 5.74) is 1.48. The summed E-state index contributed by atoms with van der Waals surface area (Å²) in [5.74, 6) is 0.0636. The maximum atomic E-state index is 12.2. The van der Waals surface area contributed by atoms with E-state index < -0.39 is 6.09 Å². The number of fused-ring (bicyclic) bond motifs is 1. The normalized spacial score (nSPS) is 12.6. The van der Waals surface area contributed by atoms with Crippen molar-refractivity contribution in [1.82, 2.24) is 0 Å². The number of esters is 1. The summed E-state index contributed by atoms with van der Waals surface area (Å²) in [5, 5.41) is 3.19. The standard InChI is InChI=1S/C17H17NO4S/c1-2-21-16(19)14-12-9-6-10-13(12)23-15(14)18-17(20)22-11-7-4-3-5-8-11/h3-5,7-8H,2,6,9-10H2,1H3,(H,18,20). The van der Waals surface area contributed by atoms with Gasteiger partial charge in [0.05, 0.1) is 12.2 Å². The summed E-state index contributed by atoms with van der Waals surface area (Å²) < 4.78 is 10.3. The van der Waals surface area contributed by atoms with Gasteiger partial charge in [-0.15, -0.1) is 11.3 Å². The molecule has 1 aromatic carbocycles. The largest absolute Gasteiger partial charge is 0.462 e. The van der Waals surface area contributed by atoms with Crippen molar-refractivity contribution >= 4 is 28.4 Å². The van der Waals surface area contributed by atoms with Crippen molar-refractivity contribution in [2.45, 2.75) is 26.2 Å². The summed E-state index contributed by atoms with van der Waals surface area (Å²) >= 11 is 1.43. The van der Waals surface area contributed by atoms with Crippen LogP contribution in [0.15, 0.2) is 30.3 Å². The van der Waals surface area contributed by atoms with Crippen LogP contribution in [0.3, 0.4) is 0 Å². The Morgan fingerprint density at radius 1 is 1.22 bits per heavy atom. The van der Waals surface area contributed by atoms with Crippen molar-refractivity contribution in [2.75, 3.05) is 11.9 Å². The molecular weight excluding hydrogens is 314 g/mol. The van der Waals surface area contributed by atoms with E-state index in [4.69, 9.17) is 9.47 Å². The van der Waals surface area contributed by atoms with Crippen molar-refractivity contribution < 1.29 is 19.1 Å². The smallest absolute Gasteiger partial charge is 0.417 e. The van der Waals surface area contributed by atoms with Gasteiger partial charge in [0, 0.05) is 4.88 Å². The lowest BCUT2D eigenvalue weighted by Crippen LogP contribution is -2.18. The van der Waals surface area contributed by atoms with E-state index in [1.807, 2.05) is 6.07 Å². The number of rotatable bonds is 4. The molecule has 1 aliphatic rings. The summed E-state index contributed by atoms with van der Waals surface area (Å²) in [7, 11) is 0. The van der Waals surface area contributed by atoms with Gasteiger partial charge in [0.1, 0.15) is 10.8 Å². The Morgan fingerprint density at radius 2 is 2.00 bits per heavy atom. The van der Waals surface area contributed by atoms with Crippen LogP contribution in [0.4, 0.5) is 9.80 Å². The molecule has 0 radical (unpaired) electrons. The summed E-state index contributed by atoms with van der Waals surface area (Å²) in [6, 6.07) is 8.80. The Morgan fingerprint density at radius 3 is 2.74 bits per heavy atom. The number of amides is 1. The van der Waals surface area contributed by atoms with Gasteiger partial charge in [0.25, 0.3) is 0 Å². The highest BCUT2D eigenvalue weighted by Crippen LogP contribution is 2.39. The van der Waals surface area contributed by atoms with Crippen molar-refractivity contribution in [1.29, 1.82) is 0 Å². The van der Waals surface area contributed by atoms with Gasteiger partial charge in [-0.1, -0.05) is 18.2 Å². The van der Waals surface area contributed by atoms with Crippen molar-refractivity contribution in [3.63, 3.8) is 0 Å². The first-order valence-electron chi connectivity index (χ1n) is 7.54. The lowest BCUT2D eigenvalue weighted by molar-refractivity contribution is 0.0527. The molecule has 1 amide bonds. The zero-order chi connectivity index (χ0) is 16.2. The Balaban J connectivity index is 1.80. The number of benzene rings is 1. The number of carbonyl (C=O) groups excluding carboxylic acids is 2. The topological polar surface area (TPSA) is 64.6 Å². The number of thiophene rings is 1. The molecule has 1 aromatic heterocycles. The van der Waals surface area contributed by atoms with Crippen molar-refractivity contribution in [3.05, 3.63) is 46.3 Å². The van der Waals surface area contributed by atoms with Crippen LogP contribution in [-0.4, -0.2) is 18.7 Å². The highest BCUT2D eigenvalue weighted by atomic mass is 32.1. The van der Waals surface area contributed by atoms with Crippen molar-refractivity contribution in [2.24, 2.45) is 0 Å². The Labute approximate surface area is 138 Å². The van der Waals surface area contributed by atoms with E-state index >= 15 is 0 Å². The molecule has 0 atom stereocenters. The lowest BCUT2D eigenvalue weighted by atomic mass is 10.1. The van der Waals surface area contributed by atoms with E-state index in [0.29, 0.717) is 22.9 Å².